The van der Waals surface area contributed by atoms with Gasteiger partial charge in [-0.3, -0.25) is 4.79 Å². The second-order valence-electron chi connectivity index (χ2n) is 6.64. The largest absolute Gasteiger partial charge is 0.491 e. The van der Waals surface area contributed by atoms with Crippen molar-refractivity contribution in [1.29, 1.82) is 0 Å². The van der Waals surface area contributed by atoms with Gasteiger partial charge in [0.1, 0.15) is 0 Å². The van der Waals surface area contributed by atoms with Crippen LogP contribution in [0, 0.1) is 23.7 Å². The van der Waals surface area contributed by atoms with Crippen LogP contribution in [0.15, 0.2) is 18.2 Å². The minimum absolute atomic E-state index is 0.0375. The molecule has 4 rings (SSSR count). The molecule has 1 aromatic rings. The first-order valence-electron chi connectivity index (χ1n) is 8.03. The van der Waals surface area contributed by atoms with Crippen molar-refractivity contribution in [2.24, 2.45) is 23.7 Å². The molecule has 0 saturated heterocycles. The summed E-state index contributed by atoms with van der Waals surface area (Å²) in [7, 11) is 0. The third-order valence-electron chi connectivity index (χ3n) is 5.61. The Labute approximate surface area is 125 Å². The average molecular weight is 286 g/mol. The van der Waals surface area contributed by atoms with E-state index >= 15 is 0 Å². The summed E-state index contributed by atoms with van der Waals surface area (Å²) in [5.74, 6) is 3.68. The number of hydrogen-bond acceptors (Lipinski definition) is 3. The second kappa shape index (κ2) is 4.65. The topological polar surface area (TPSA) is 64.3 Å². The monoisotopic (exact) mass is 286 g/mol. The zero-order chi connectivity index (χ0) is 14.6. The first kappa shape index (κ1) is 13.0. The number of benzene rings is 1. The van der Waals surface area contributed by atoms with E-state index < -0.39 is 0 Å². The molecule has 0 radical (unpaired) electrons. The van der Waals surface area contributed by atoms with Gasteiger partial charge in [0.15, 0.2) is 5.75 Å². The first-order chi connectivity index (χ1) is 10.2. The Morgan fingerprint density at radius 2 is 2.05 bits per heavy atom. The second-order valence-corrected chi connectivity index (χ2v) is 6.64. The van der Waals surface area contributed by atoms with Gasteiger partial charge in [-0.2, -0.15) is 0 Å². The molecule has 3 saturated carbocycles. The number of para-hydroxylation sites is 1. The van der Waals surface area contributed by atoms with E-state index in [1.54, 1.807) is 12.1 Å². The van der Waals surface area contributed by atoms with Gasteiger partial charge in [0.2, 0.25) is 0 Å². The van der Waals surface area contributed by atoms with Gasteiger partial charge >= 0.3 is 0 Å². The maximum atomic E-state index is 12.6. The highest BCUT2D eigenvalue weighted by molar-refractivity contribution is 5.99. The maximum Gasteiger partial charge on any atom is 0.255 e. The minimum atomic E-state index is -0.0375. The molecule has 0 spiro atoms. The third kappa shape index (κ3) is 1.92. The molecule has 1 amide bonds. The number of fused-ring (bicyclic) bond motifs is 5. The minimum Gasteiger partial charge on any atom is -0.491 e. The molecule has 112 valence electrons. The molecule has 2 bridgehead atoms. The highest BCUT2D eigenvalue weighted by Crippen LogP contribution is 2.65. The van der Waals surface area contributed by atoms with Gasteiger partial charge in [-0.1, -0.05) is 6.07 Å². The molecule has 3 N–H and O–H groups in total. The van der Waals surface area contributed by atoms with Crippen molar-refractivity contribution >= 4 is 11.6 Å². The van der Waals surface area contributed by atoms with E-state index in [0.29, 0.717) is 29.6 Å². The number of rotatable bonds is 4. The van der Waals surface area contributed by atoms with Crippen molar-refractivity contribution in [3.05, 3.63) is 23.8 Å². The Bertz CT molecular complexity index is 570. The molecule has 0 aromatic heterocycles. The van der Waals surface area contributed by atoms with Crippen LogP contribution in [0.4, 0.5) is 5.69 Å². The Kier molecular flexibility index (Phi) is 2.88. The first-order valence-corrected chi connectivity index (χ1v) is 8.03. The highest BCUT2D eigenvalue weighted by Gasteiger charge is 2.65. The molecule has 21 heavy (non-hydrogen) atoms. The number of carbonyl (C=O) groups is 1. The lowest BCUT2D eigenvalue weighted by Crippen LogP contribution is -2.30. The van der Waals surface area contributed by atoms with Crippen molar-refractivity contribution in [3.63, 3.8) is 0 Å². The predicted octanol–water partition coefficient (Wildman–Crippen LogP) is 2.44. The Morgan fingerprint density at radius 3 is 2.71 bits per heavy atom. The highest BCUT2D eigenvalue weighted by atomic mass is 16.5. The average Bonchev–Trinajstić information content (AvgIpc) is 2.86. The predicted molar refractivity (Wildman–Crippen MR) is 81.1 cm³/mol. The summed E-state index contributed by atoms with van der Waals surface area (Å²) in [6, 6.07) is 5.77. The molecule has 4 nitrogen and oxygen atoms in total. The number of amides is 1. The zero-order valence-electron chi connectivity index (χ0n) is 12.3. The van der Waals surface area contributed by atoms with Crippen LogP contribution in [0.3, 0.4) is 0 Å². The van der Waals surface area contributed by atoms with Gasteiger partial charge in [0, 0.05) is 6.04 Å². The van der Waals surface area contributed by atoms with E-state index in [9.17, 15) is 4.79 Å². The summed E-state index contributed by atoms with van der Waals surface area (Å²) in [6.45, 7) is 2.41. The van der Waals surface area contributed by atoms with Crippen molar-refractivity contribution in [1.82, 2.24) is 5.32 Å². The van der Waals surface area contributed by atoms with Gasteiger partial charge < -0.3 is 15.8 Å². The number of nitrogens with one attached hydrogen (secondary N) is 1. The molecular formula is C17H22N2O2. The molecule has 4 heteroatoms. The van der Waals surface area contributed by atoms with Gasteiger partial charge in [0.05, 0.1) is 17.9 Å². The van der Waals surface area contributed by atoms with Crippen LogP contribution in [0.5, 0.6) is 5.75 Å². The van der Waals surface area contributed by atoms with Crippen LogP contribution in [-0.2, 0) is 0 Å². The molecule has 3 aliphatic rings. The van der Waals surface area contributed by atoms with Gasteiger partial charge in [-0.15, -0.1) is 0 Å². The summed E-state index contributed by atoms with van der Waals surface area (Å²) in [4.78, 5) is 12.6. The fraction of sp³-hybridized carbons (Fsp3) is 0.588. The van der Waals surface area contributed by atoms with E-state index in [1.807, 2.05) is 13.0 Å². The number of carbonyl (C=O) groups excluding carboxylic acids is 1. The summed E-state index contributed by atoms with van der Waals surface area (Å²) < 4.78 is 5.55. The van der Waals surface area contributed by atoms with Gasteiger partial charge in [-0.05, 0) is 62.0 Å². The van der Waals surface area contributed by atoms with E-state index in [0.717, 1.165) is 23.7 Å². The Hall–Kier alpha value is -1.71. The number of nitrogen functional groups attached to an aromatic ring is 1. The van der Waals surface area contributed by atoms with Crippen molar-refractivity contribution in [3.8, 4) is 5.75 Å². The van der Waals surface area contributed by atoms with E-state index in [2.05, 4.69) is 5.32 Å². The third-order valence-corrected chi connectivity index (χ3v) is 5.61. The van der Waals surface area contributed by atoms with E-state index in [4.69, 9.17) is 10.5 Å². The van der Waals surface area contributed by atoms with E-state index in [-0.39, 0.29) is 5.91 Å². The van der Waals surface area contributed by atoms with Crippen molar-refractivity contribution < 1.29 is 9.53 Å². The van der Waals surface area contributed by atoms with E-state index in [1.165, 1.54) is 19.3 Å². The van der Waals surface area contributed by atoms with Crippen LogP contribution in [-0.4, -0.2) is 18.6 Å². The molecule has 4 atom stereocenters. The molecule has 3 fully saturated rings. The molecule has 4 unspecified atom stereocenters. The standard InChI is InChI=1S/C17H22N2O2/c1-2-21-16-11(4-3-5-12(16)18)17(20)19-15-13-9-6-7-10(8-9)14(13)15/h3-5,9-10,13-15H,2,6-8,18H2,1H3,(H,19,20). The number of nitrogens with two attached hydrogens (primary N) is 1. The molecule has 3 aliphatic carbocycles. The zero-order valence-corrected chi connectivity index (χ0v) is 12.3. The van der Waals surface area contributed by atoms with Crippen LogP contribution < -0.4 is 15.8 Å². The van der Waals surface area contributed by atoms with Crippen LogP contribution in [0.25, 0.3) is 0 Å². The Balaban J connectivity index is 1.50. The van der Waals surface area contributed by atoms with Crippen molar-refractivity contribution in [2.75, 3.05) is 12.3 Å². The normalized spacial score (nSPS) is 35.4. The number of anilines is 1. The van der Waals surface area contributed by atoms with Gasteiger partial charge in [0.25, 0.3) is 5.91 Å². The summed E-state index contributed by atoms with van der Waals surface area (Å²) >= 11 is 0. The quantitative estimate of drug-likeness (QED) is 0.836. The fourth-order valence-electron chi connectivity index (χ4n) is 4.79. The van der Waals surface area contributed by atoms with Gasteiger partial charge in [-0.25, -0.2) is 0 Å². The van der Waals surface area contributed by atoms with Crippen LogP contribution in [0.1, 0.15) is 36.5 Å². The SMILES string of the molecule is CCOc1c(N)cccc1C(=O)NC1C2C3CCC(C3)C12. The summed E-state index contributed by atoms with van der Waals surface area (Å²) in [6.07, 6.45) is 4.12. The molecule has 0 heterocycles. The number of hydrogen-bond donors (Lipinski definition) is 2. The molecular weight excluding hydrogens is 264 g/mol. The molecule has 1 aromatic carbocycles. The lowest BCUT2D eigenvalue weighted by molar-refractivity contribution is 0.0940. The lowest BCUT2D eigenvalue weighted by atomic mass is 10.0. The number of ether oxygens (including phenoxy) is 1. The summed E-state index contributed by atoms with van der Waals surface area (Å²) in [5, 5.41) is 3.22. The maximum absolute atomic E-state index is 12.6. The van der Waals surface area contributed by atoms with Crippen LogP contribution in [0.2, 0.25) is 0 Å². The smallest absolute Gasteiger partial charge is 0.255 e. The lowest BCUT2D eigenvalue weighted by Gasteiger charge is -2.14. The van der Waals surface area contributed by atoms with Crippen LogP contribution >= 0.6 is 0 Å². The fourth-order valence-corrected chi connectivity index (χ4v) is 4.79. The molecule has 0 aliphatic heterocycles. The summed E-state index contributed by atoms with van der Waals surface area (Å²) in [5.41, 5.74) is 7.03. The Morgan fingerprint density at radius 1 is 1.33 bits per heavy atom. The van der Waals surface area contributed by atoms with Crippen molar-refractivity contribution in [2.45, 2.75) is 32.2 Å².